The van der Waals surface area contributed by atoms with E-state index in [1.54, 1.807) is 6.08 Å². The molecule has 46 valence electrons. The van der Waals surface area contributed by atoms with Crippen molar-refractivity contribution in [3.05, 3.63) is 11.8 Å². The first-order chi connectivity index (χ1) is 3.83. The molecule has 0 saturated heterocycles. The Morgan fingerprint density at radius 3 is 2.88 bits per heavy atom. The highest BCUT2D eigenvalue weighted by molar-refractivity contribution is 4.98. The minimum atomic E-state index is -0.725. The Balaban J connectivity index is 2.37. The SMILES string of the molecule is OCC1=CCC(O)O1. The molecule has 0 saturated carbocycles. The summed E-state index contributed by atoms with van der Waals surface area (Å²) >= 11 is 0. The van der Waals surface area contributed by atoms with Crippen LogP contribution >= 0.6 is 0 Å². The Bertz CT molecular complexity index is 108. The van der Waals surface area contributed by atoms with E-state index in [4.69, 9.17) is 10.2 Å². The van der Waals surface area contributed by atoms with Crippen molar-refractivity contribution in [1.29, 1.82) is 0 Å². The molecule has 0 aromatic carbocycles. The zero-order valence-corrected chi connectivity index (χ0v) is 4.37. The summed E-state index contributed by atoms with van der Waals surface area (Å²) in [5.41, 5.74) is 0. The maximum Gasteiger partial charge on any atom is 0.200 e. The van der Waals surface area contributed by atoms with Crippen LogP contribution in [0.4, 0.5) is 0 Å². The smallest absolute Gasteiger partial charge is 0.200 e. The molecular formula is C5H8O3. The lowest BCUT2D eigenvalue weighted by atomic mass is 10.4. The van der Waals surface area contributed by atoms with Crippen LogP contribution in [0.3, 0.4) is 0 Å². The van der Waals surface area contributed by atoms with Gasteiger partial charge >= 0.3 is 0 Å². The minimum absolute atomic E-state index is 0.114. The summed E-state index contributed by atoms with van der Waals surface area (Å²) < 4.78 is 4.68. The summed E-state index contributed by atoms with van der Waals surface area (Å²) in [6, 6.07) is 0. The van der Waals surface area contributed by atoms with E-state index in [2.05, 4.69) is 4.74 Å². The average molecular weight is 116 g/mol. The van der Waals surface area contributed by atoms with Gasteiger partial charge < -0.3 is 14.9 Å². The van der Waals surface area contributed by atoms with Crippen LogP contribution in [0.25, 0.3) is 0 Å². The summed E-state index contributed by atoms with van der Waals surface area (Å²) in [5, 5.41) is 17.0. The first-order valence-corrected chi connectivity index (χ1v) is 2.47. The Kier molecular flexibility index (Phi) is 1.50. The molecule has 0 aromatic rings. The third-order valence-electron chi connectivity index (χ3n) is 0.990. The van der Waals surface area contributed by atoms with E-state index in [-0.39, 0.29) is 6.61 Å². The maximum atomic E-state index is 8.65. The highest BCUT2D eigenvalue weighted by Crippen LogP contribution is 2.12. The average Bonchev–Trinajstić information content (AvgIpc) is 2.14. The molecule has 0 aromatic heterocycles. The molecule has 1 rings (SSSR count). The van der Waals surface area contributed by atoms with Crippen LogP contribution < -0.4 is 0 Å². The molecule has 3 nitrogen and oxygen atoms in total. The molecule has 0 radical (unpaired) electrons. The molecule has 1 heterocycles. The highest BCUT2D eigenvalue weighted by Gasteiger charge is 2.12. The standard InChI is InChI=1S/C5H8O3/c6-3-4-1-2-5(7)8-4/h1,5-7H,2-3H2. The maximum absolute atomic E-state index is 8.65. The Labute approximate surface area is 47.2 Å². The number of hydrogen-bond donors (Lipinski definition) is 2. The minimum Gasteiger partial charge on any atom is -0.467 e. The van der Waals surface area contributed by atoms with Crippen molar-refractivity contribution in [3.63, 3.8) is 0 Å². The van der Waals surface area contributed by atoms with Crippen molar-refractivity contribution in [2.75, 3.05) is 6.61 Å². The first kappa shape index (κ1) is 5.59. The molecule has 3 heteroatoms. The summed E-state index contributed by atoms with van der Waals surface area (Å²) in [7, 11) is 0. The third-order valence-corrected chi connectivity index (χ3v) is 0.990. The molecule has 0 amide bonds. The second-order valence-electron chi connectivity index (χ2n) is 1.64. The van der Waals surface area contributed by atoms with Crippen molar-refractivity contribution in [2.45, 2.75) is 12.7 Å². The van der Waals surface area contributed by atoms with Gasteiger partial charge in [0.25, 0.3) is 0 Å². The van der Waals surface area contributed by atoms with Gasteiger partial charge in [0.15, 0.2) is 0 Å². The van der Waals surface area contributed by atoms with Crippen LogP contribution in [0.1, 0.15) is 6.42 Å². The zero-order chi connectivity index (χ0) is 5.98. The van der Waals surface area contributed by atoms with E-state index in [9.17, 15) is 0 Å². The van der Waals surface area contributed by atoms with Gasteiger partial charge in [-0.2, -0.15) is 0 Å². The predicted octanol–water partition coefficient (Wildman–Crippen LogP) is -0.399. The van der Waals surface area contributed by atoms with E-state index < -0.39 is 6.29 Å². The van der Waals surface area contributed by atoms with Gasteiger partial charge in [-0.25, -0.2) is 0 Å². The fraction of sp³-hybridized carbons (Fsp3) is 0.600. The molecule has 2 N–H and O–H groups in total. The van der Waals surface area contributed by atoms with Gasteiger partial charge in [-0.1, -0.05) is 0 Å². The van der Waals surface area contributed by atoms with Gasteiger partial charge in [0, 0.05) is 6.42 Å². The lowest BCUT2D eigenvalue weighted by Crippen LogP contribution is -2.04. The van der Waals surface area contributed by atoms with Gasteiger partial charge in [0.2, 0.25) is 6.29 Å². The van der Waals surface area contributed by atoms with Gasteiger partial charge in [-0.05, 0) is 6.08 Å². The molecule has 0 bridgehead atoms. The Hall–Kier alpha value is -0.540. The number of aliphatic hydroxyl groups is 2. The number of aliphatic hydroxyl groups excluding tert-OH is 2. The fourth-order valence-electron chi connectivity index (χ4n) is 0.605. The van der Waals surface area contributed by atoms with Crippen molar-refractivity contribution in [3.8, 4) is 0 Å². The lowest BCUT2D eigenvalue weighted by molar-refractivity contribution is -0.0519. The molecule has 1 atom stereocenters. The zero-order valence-electron chi connectivity index (χ0n) is 4.37. The van der Waals surface area contributed by atoms with Gasteiger partial charge in [-0.3, -0.25) is 0 Å². The van der Waals surface area contributed by atoms with Gasteiger partial charge in [0.05, 0.1) is 0 Å². The van der Waals surface area contributed by atoms with Crippen LogP contribution in [0.15, 0.2) is 11.8 Å². The second kappa shape index (κ2) is 2.15. The Morgan fingerprint density at radius 2 is 2.62 bits per heavy atom. The van der Waals surface area contributed by atoms with Crippen LogP contribution in [-0.4, -0.2) is 23.1 Å². The molecule has 0 spiro atoms. The quantitative estimate of drug-likeness (QED) is 0.490. The van der Waals surface area contributed by atoms with Crippen molar-refractivity contribution < 1.29 is 14.9 Å². The molecular weight excluding hydrogens is 108 g/mol. The van der Waals surface area contributed by atoms with Gasteiger partial charge in [-0.15, -0.1) is 0 Å². The molecule has 8 heavy (non-hydrogen) atoms. The highest BCUT2D eigenvalue weighted by atomic mass is 16.6. The van der Waals surface area contributed by atoms with Crippen LogP contribution in [-0.2, 0) is 4.74 Å². The molecule has 0 fully saturated rings. The van der Waals surface area contributed by atoms with E-state index in [1.165, 1.54) is 0 Å². The number of ether oxygens (including phenoxy) is 1. The summed E-state index contributed by atoms with van der Waals surface area (Å²) in [4.78, 5) is 0. The van der Waals surface area contributed by atoms with E-state index in [0.29, 0.717) is 12.2 Å². The molecule has 1 unspecified atom stereocenters. The summed E-state index contributed by atoms with van der Waals surface area (Å²) in [6.45, 7) is -0.114. The number of hydrogen-bond acceptors (Lipinski definition) is 3. The van der Waals surface area contributed by atoms with E-state index >= 15 is 0 Å². The van der Waals surface area contributed by atoms with E-state index in [0.717, 1.165) is 0 Å². The number of rotatable bonds is 1. The lowest BCUT2D eigenvalue weighted by Gasteiger charge is -2.02. The van der Waals surface area contributed by atoms with Crippen molar-refractivity contribution in [1.82, 2.24) is 0 Å². The second-order valence-corrected chi connectivity index (χ2v) is 1.64. The van der Waals surface area contributed by atoms with Crippen molar-refractivity contribution in [2.24, 2.45) is 0 Å². The fourth-order valence-corrected chi connectivity index (χ4v) is 0.605. The summed E-state index contributed by atoms with van der Waals surface area (Å²) in [5.74, 6) is 0.470. The Morgan fingerprint density at radius 1 is 1.88 bits per heavy atom. The van der Waals surface area contributed by atoms with Crippen LogP contribution in [0.5, 0.6) is 0 Å². The monoisotopic (exact) mass is 116 g/mol. The van der Waals surface area contributed by atoms with Crippen LogP contribution in [0.2, 0.25) is 0 Å². The third kappa shape index (κ3) is 0.993. The summed E-state index contributed by atoms with van der Waals surface area (Å²) in [6.07, 6.45) is 1.44. The molecule has 1 aliphatic rings. The largest absolute Gasteiger partial charge is 0.467 e. The predicted molar refractivity (Wildman–Crippen MR) is 26.9 cm³/mol. The van der Waals surface area contributed by atoms with E-state index in [1.807, 2.05) is 0 Å². The first-order valence-electron chi connectivity index (χ1n) is 2.47. The van der Waals surface area contributed by atoms with Crippen molar-refractivity contribution >= 4 is 0 Å². The molecule has 1 aliphatic heterocycles. The molecule has 0 aliphatic carbocycles. The topological polar surface area (TPSA) is 49.7 Å². The van der Waals surface area contributed by atoms with Crippen LogP contribution in [0, 0.1) is 0 Å². The van der Waals surface area contributed by atoms with Gasteiger partial charge in [0.1, 0.15) is 12.4 Å². The normalized spacial score (nSPS) is 27.2.